The summed E-state index contributed by atoms with van der Waals surface area (Å²) in [6.07, 6.45) is 15.0. The fourth-order valence-electron chi connectivity index (χ4n) is 8.97. The van der Waals surface area contributed by atoms with E-state index in [1.165, 1.54) is 74.0 Å². The van der Waals surface area contributed by atoms with Crippen molar-refractivity contribution in [2.45, 2.75) is 83.3 Å². The normalized spacial score (nSPS) is 23.5. The summed E-state index contributed by atoms with van der Waals surface area (Å²) in [5, 5.41) is 3.86. The van der Waals surface area contributed by atoms with Crippen LogP contribution in [0.4, 0.5) is 0 Å². The van der Waals surface area contributed by atoms with E-state index in [4.69, 9.17) is 4.99 Å². The summed E-state index contributed by atoms with van der Waals surface area (Å²) < 4.78 is 0. The van der Waals surface area contributed by atoms with Crippen molar-refractivity contribution >= 4 is 12.3 Å². The Labute approximate surface area is 275 Å². The van der Waals surface area contributed by atoms with Gasteiger partial charge in [0.2, 0.25) is 0 Å². The molecule has 4 aromatic carbocycles. The van der Waals surface area contributed by atoms with Crippen molar-refractivity contribution in [2.75, 3.05) is 0 Å². The molecular formula is C44H46N2. The Morgan fingerprint density at radius 2 is 1.72 bits per heavy atom. The molecule has 232 valence electrons. The van der Waals surface area contributed by atoms with Crippen molar-refractivity contribution in [1.82, 2.24) is 5.32 Å². The van der Waals surface area contributed by atoms with Gasteiger partial charge in [-0.15, -0.1) is 0 Å². The largest absolute Gasteiger partial charge is 0.288 e. The smallest absolute Gasteiger partial charge is 0.125 e. The van der Waals surface area contributed by atoms with Crippen molar-refractivity contribution in [3.63, 3.8) is 0 Å². The molecule has 4 atom stereocenters. The Hall–Kier alpha value is -4.01. The lowest BCUT2D eigenvalue weighted by molar-refractivity contribution is 0.301. The van der Waals surface area contributed by atoms with Gasteiger partial charge in [-0.3, -0.25) is 10.3 Å². The molecule has 46 heavy (non-hydrogen) atoms. The number of hydrogen-bond donors (Lipinski definition) is 1. The average Bonchev–Trinajstić information content (AvgIpc) is 3.44. The van der Waals surface area contributed by atoms with Crippen LogP contribution < -0.4 is 5.32 Å². The molecule has 8 rings (SSSR count). The highest BCUT2D eigenvalue weighted by molar-refractivity contribution is 5.82. The van der Waals surface area contributed by atoms with Gasteiger partial charge < -0.3 is 0 Å². The van der Waals surface area contributed by atoms with Crippen LogP contribution in [-0.2, 0) is 23.8 Å². The second-order valence-electron chi connectivity index (χ2n) is 15.3. The molecule has 0 spiro atoms. The van der Waals surface area contributed by atoms with Crippen LogP contribution in [0.5, 0.6) is 0 Å². The fraction of sp³-hybridized carbons (Fsp3) is 0.341. The van der Waals surface area contributed by atoms with E-state index in [0.717, 1.165) is 13.0 Å². The summed E-state index contributed by atoms with van der Waals surface area (Å²) in [5.74, 6) is 1.82. The van der Waals surface area contributed by atoms with Crippen LogP contribution in [0.3, 0.4) is 0 Å². The molecule has 0 amide bonds. The highest BCUT2D eigenvalue weighted by Crippen LogP contribution is 2.54. The molecule has 0 radical (unpaired) electrons. The minimum absolute atomic E-state index is 0.00387. The quantitative estimate of drug-likeness (QED) is 0.172. The zero-order chi connectivity index (χ0) is 31.6. The number of nitrogens with one attached hydrogen (secondary N) is 1. The lowest BCUT2D eigenvalue weighted by Crippen LogP contribution is -2.26. The maximum absolute atomic E-state index is 5.27. The number of hydrogen-bond acceptors (Lipinski definition) is 2. The first-order valence-corrected chi connectivity index (χ1v) is 17.3. The molecule has 2 heteroatoms. The highest BCUT2D eigenvalue weighted by atomic mass is 15.1. The Morgan fingerprint density at radius 3 is 2.61 bits per heavy atom. The van der Waals surface area contributed by atoms with Crippen LogP contribution in [-0.4, -0.2) is 6.21 Å². The van der Waals surface area contributed by atoms with Crippen LogP contribution in [0, 0.1) is 11.8 Å². The molecule has 4 unspecified atom stereocenters. The number of benzene rings is 4. The van der Waals surface area contributed by atoms with Crippen LogP contribution in [0.1, 0.15) is 110 Å². The van der Waals surface area contributed by atoms with Gasteiger partial charge in [0.05, 0.1) is 0 Å². The summed E-state index contributed by atoms with van der Waals surface area (Å²) in [7, 11) is 0. The number of nitrogens with zero attached hydrogens (tertiary/aromatic N) is 1. The molecule has 1 N–H and O–H groups in total. The number of aliphatic imine (C=N–C) groups is 1. The first-order chi connectivity index (χ1) is 22.2. The highest BCUT2D eigenvalue weighted by Gasteiger charge is 2.45. The summed E-state index contributed by atoms with van der Waals surface area (Å²) in [4.78, 5) is 5.27. The Kier molecular flexibility index (Phi) is 7.07. The van der Waals surface area contributed by atoms with E-state index in [0.29, 0.717) is 17.8 Å². The second-order valence-corrected chi connectivity index (χ2v) is 15.3. The Balaban J connectivity index is 1.10. The van der Waals surface area contributed by atoms with Gasteiger partial charge in [0.25, 0.3) is 0 Å². The van der Waals surface area contributed by atoms with Gasteiger partial charge in [-0.2, -0.15) is 0 Å². The van der Waals surface area contributed by atoms with E-state index < -0.39 is 0 Å². The minimum atomic E-state index is -0.150. The molecular weight excluding hydrogens is 556 g/mol. The molecule has 0 heterocycles. The first-order valence-electron chi connectivity index (χ1n) is 17.3. The van der Waals surface area contributed by atoms with Gasteiger partial charge in [-0.1, -0.05) is 126 Å². The van der Waals surface area contributed by atoms with E-state index in [1.807, 2.05) is 0 Å². The molecule has 0 bridgehead atoms. The average molecular weight is 603 g/mol. The molecule has 0 aromatic heterocycles. The van der Waals surface area contributed by atoms with Crippen molar-refractivity contribution in [1.29, 1.82) is 0 Å². The summed E-state index contributed by atoms with van der Waals surface area (Å²) in [5.41, 5.74) is 15.2. The van der Waals surface area contributed by atoms with E-state index in [-0.39, 0.29) is 17.0 Å². The third-order valence-electron chi connectivity index (χ3n) is 11.6. The topological polar surface area (TPSA) is 24.4 Å². The van der Waals surface area contributed by atoms with E-state index in [2.05, 4.69) is 149 Å². The zero-order valence-corrected chi connectivity index (χ0v) is 28.0. The molecule has 0 saturated carbocycles. The molecule has 4 aliphatic carbocycles. The van der Waals surface area contributed by atoms with Gasteiger partial charge in [-0.25, -0.2) is 0 Å². The Morgan fingerprint density at radius 1 is 0.870 bits per heavy atom. The van der Waals surface area contributed by atoms with Crippen LogP contribution in [0.25, 0.3) is 17.2 Å². The molecule has 4 aromatic rings. The first kappa shape index (κ1) is 29.4. The second kappa shape index (κ2) is 11.1. The van der Waals surface area contributed by atoms with Gasteiger partial charge in [0, 0.05) is 24.1 Å². The van der Waals surface area contributed by atoms with Crippen LogP contribution in [0.15, 0.2) is 102 Å². The number of rotatable bonds is 6. The molecule has 0 fully saturated rings. The Bertz CT molecular complexity index is 1920. The maximum atomic E-state index is 5.27. The molecule has 0 aliphatic heterocycles. The lowest BCUT2D eigenvalue weighted by atomic mass is 9.72. The number of allylic oxidation sites excluding steroid dienone is 3. The summed E-state index contributed by atoms with van der Waals surface area (Å²) in [6.45, 7) is 12.6. The van der Waals surface area contributed by atoms with Gasteiger partial charge in [0.15, 0.2) is 0 Å². The van der Waals surface area contributed by atoms with Gasteiger partial charge in [0.1, 0.15) is 6.17 Å². The fourth-order valence-corrected chi connectivity index (χ4v) is 8.97. The maximum Gasteiger partial charge on any atom is 0.125 e. The minimum Gasteiger partial charge on any atom is -0.288 e. The standard InChI is InChI=1S/C44H46N2/c1-28-14-17-32-25-33(19-18-31(32)22-28)42(45-26-29-15-20-36-34-10-6-8-12-38(34)43(2,3)40(36)23-29)46-27-30-16-21-37-35-11-7-9-13-39(35)44(4,5)41(37)24-30/h6-8,10-12,14-21,23-25,27-28,35,39,42,45H,9,13,22,26H2,1-5H3. The van der Waals surface area contributed by atoms with Crippen molar-refractivity contribution in [2.24, 2.45) is 16.8 Å². The molecule has 0 saturated heterocycles. The van der Waals surface area contributed by atoms with Gasteiger partial charge in [-0.05, 0) is 110 Å². The van der Waals surface area contributed by atoms with Crippen LogP contribution >= 0.6 is 0 Å². The third-order valence-corrected chi connectivity index (χ3v) is 11.6. The van der Waals surface area contributed by atoms with E-state index >= 15 is 0 Å². The van der Waals surface area contributed by atoms with Crippen molar-refractivity contribution in [3.8, 4) is 11.1 Å². The van der Waals surface area contributed by atoms with Crippen molar-refractivity contribution < 1.29 is 0 Å². The monoisotopic (exact) mass is 602 g/mol. The molecule has 4 aliphatic rings. The lowest BCUT2D eigenvalue weighted by Gasteiger charge is -2.32. The summed E-state index contributed by atoms with van der Waals surface area (Å²) in [6, 6.07) is 29.9. The number of fused-ring (bicyclic) bond motifs is 7. The van der Waals surface area contributed by atoms with Crippen LogP contribution in [0.2, 0.25) is 0 Å². The SMILES string of the molecule is CC1C=Cc2cc(C(N=Cc3ccc4c(c3)C(C)(C)C3CCC=CC43)NCc3ccc4c(c3)C(C)(C)c3ccccc3-4)ccc2C1. The zero-order valence-electron chi connectivity index (χ0n) is 28.0. The van der Waals surface area contributed by atoms with E-state index in [9.17, 15) is 0 Å². The van der Waals surface area contributed by atoms with Gasteiger partial charge >= 0.3 is 0 Å². The molecule has 2 nitrogen and oxygen atoms in total. The predicted octanol–water partition coefficient (Wildman–Crippen LogP) is 10.4. The van der Waals surface area contributed by atoms with Crippen molar-refractivity contribution in [3.05, 3.63) is 147 Å². The predicted molar refractivity (Wildman–Crippen MR) is 194 cm³/mol. The van der Waals surface area contributed by atoms with E-state index in [1.54, 1.807) is 0 Å². The summed E-state index contributed by atoms with van der Waals surface area (Å²) >= 11 is 0. The third kappa shape index (κ3) is 4.85.